The number of aldehydes is 1. The fourth-order valence-corrected chi connectivity index (χ4v) is 3.60. The van der Waals surface area contributed by atoms with Gasteiger partial charge in [0.15, 0.2) is 0 Å². The Hall–Kier alpha value is -3.20. The molecule has 51 heavy (non-hydrogen) atoms. The van der Waals surface area contributed by atoms with E-state index in [0.29, 0.717) is 12.6 Å². The molecule has 0 bridgehead atoms. The minimum absolute atomic E-state index is 0.354. The molecule has 2 aromatic carbocycles. The minimum atomic E-state index is 0.354. The molecule has 0 saturated carbocycles. The van der Waals surface area contributed by atoms with E-state index < -0.39 is 0 Å². The Bertz CT molecular complexity index is 1030. The molecule has 0 spiro atoms. The lowest BCUT2D eigenvalue weighted by molar-refractivity contribution is -0.109. The molecule has 0 fully saturated rings. The maximum atomic E-state index is 10.1. The van der Waals surface area contributed by atoms with E-state index in [1.807, 2.05) is 27.0 Å². The Morgan fingerprint density at radius 3 is 1.80 bits per heavy atom. The maximum absolute atomic E-state index is 10.1. The van der Waals surface area contributed by atoms with Crippen LogP contribution >= 0.6 is 12.6 Å². The van der Waals surface area contributed by atoms with Crippen molar-refractivity contribution >= 4 is 31.5 Å². The fraction of sp³-hybridized carbons (Fsp3) is 0.558. The third kappa shape index (κ3) is 51.3. The fourth-order valence-electron chi connectivity index (χ4n) is 3.60. The van der Waals surface area contributed by atoms with Gasteiger partial charge < -0.3 is 26.1 Å². The van der Waals surface area contributed by atoms with Crippen LogP contribution in [-0.4, -0.2) is 64.4 Å². The van der Waals surface area contributed by atoms with Crippen molar-refractivity contribution in [3.05, 3.63) is 95.3 Å². The van der Waals surface area contributed by atoms with E-state index in [1.54, 1.807) is 18.7 Å². The number of aryl methyl sites for hydroxylation is 4. The summed E-state index contributed by atoms with van der Waals surface area (Å²) in [6.07, 6.45) is 16.7. The molecule has 1 atom stereocenters. The smallest absolute Gasteiger partial charge is 0.207 e. The highest BCUT2D eigenvalue weighted by atomic mass is 32.1. The van der Waals surface area contributed by atoms with Crippen molar-refractivity contribution in [3.63, 3.8) is 0 Å². The van der Waals surface area contributed by atoms with Crippen molar-refractivity contribution in [1.82, 2.24) is 21.3 Å². The Morgan fingerprint density at radius 1 is 0.882 bits per heavy atom. The summed E-state index contributed by atoms with van der Waals surface area (Å²) < 4.78 is 0. The van der Waals surface area contributed by atoms with Crippen LogP contribution in [-0.2, 0) is 22.4 Å². The Kier molecular flexibility index (Phi) is 57.3. The summed E-state index contributed by atoms with van der Waals surface area (Å²) in [5, 5.41) is 11.8. The normalized spacial score (nSPS) is 9.90. The van der Waals surface area contributed by atoms with Gasteiger partial charge in [0.2, 0.25) is 6.41 Å². The second-order valence-corrected chi connectivity index (χ2v) is 11.4. The van der Waals surface area contributed by atoms with Gasteiger partial charge in [-0.05, 0) is 97.7 Å². The Labute approximate surface area is 321 Å². The molecule has 0 aromatic heterocycles. The Balaban J connectivity index is -0.000000174. The van der Waals surface area contributed by atoms with Crippen molar-refractivity contribution < 1.29 is 9.59 Å². The average Bonchev–Trinajstić information content (AvgIpc) is 3.14. The number of hydrogen-bond acceptors (Lipinski definition) is 7. The number of hydrogen-bond donors (Lipinski definition) is 5. The number of amides is 1. The third-order valence-electron chi connectivity index (χ3n) is 6.35. The van der Waals surface area contributed by atoms with E-state index in [0.717, 1.165) is 63.7 Å². The van der Waals surface area contributed by atoms with Crippen LogP contribution in [0.4, 0.5) is 0 Å². The van der Waals surface area contributed by atoms with Crippen molar-refractivity contribution in [2.45, 2.75) is 120 Å². The van der Waals surface area contributed by atoms with Crippen molar-refractivity contribution in [3.8, 4) is 0 Å². The highest BCUT2D eigenvalue weighted by molar-refractivity contribution is 7.79. The molecule has 8 heteroatoms. The quantitative estimate of drug-likeness (QED) is 0.0484. The molecular formula is C43H79N5O2S. The van der Waals surface area contributed by atoms with Crippen LogP contribution in [0.3, 0.4) is 0 Å². The van der Waals surface area contributed by atoms with E-state index >= 15 is 0 Å². The van der Waals surface area contributed by atoms with E-state index in [-0.39, 0.29) is 0 Å². The molecule has 2 aromatic rings. The number of rotatable bonds is 17. The van der Waals surface area contributed by atoms with Crippen LogP contribution in [0.1, 0.15) is 110 Å². The second kappa shape index (κ2) is 51.2. The van der Waals surface area contributed by atoms with Gasteiger partial charge in [-0.1, -0.05) is 120 Å². The summed E-state index contributed by atoms with van der Waals surface area (Å²) in [6.45, 7) is 27.5. The zero-order chi connectivity index (χ0) is 40.0. The van der Waals surface area contributed by atoms with Crippen molar-refractivity contribution in [2.24, 2.45) is 4.99 Å². The lowest BCUT2D eigenvalue weighted by Crippen LogP contribution is -2.26. The van der Waals surface area contributed by atoms with Gasteiger partial charge in [-0.3, -0.25) is 9.79 Å². The summed E-state index contributed by atoms with van der Waals surface area (Å²) in [7, 11) is 1.98. The number of nitrogens with one attached hydrogen (secondary N) is 4. The summed E-state index contributed by atoms with van der Waals surface area (Å²) in [6, 6.07) is 17.7. The summed E-state index contributed by atoms with van der Waals surface area (Å²) in [5.41, 5.74) is 6.42. The summed E-state index contributed by atoms with van der Waals surface area (Å²) in [5.74, 6) is 0. The number of carbonyl (C=O) groups excluding carboxylic acids is 2. The monoisotopic (exact) mass is 730 g/mol. The van der Waals surface area contributed by atoms with E-state index in [1.165, 1.54) is 41.5 Å². The number of thiol groups is 1. The first-order valence-electron chi connectivity index (χ1n) is 18.7. The Morgan fingerprint density at radius 2 is 1.45 bits per heavy atom. The molecule has 1 unspecified atom stereocenters. The molecule has 1 amide bonds. The zero-order valence-electron chi connectivity index (χ0n) is 34.8. The topological polar surface area (TPSA) is 94.6 Å². The van der Waals surface area contributed by atoms with Crippen LogP contribution < -0.4 is 21.3 Å². The molecule has 4 N–H and O–H groups in total. The first kappa shape index (κ1) is 57.2. The highest BCUT2D eigenvalue weighted by Crippen LogP contribution is 2.12. The number of benzene rings is 2. The summed E-state index contributed by atoms with van der Waals surface area (Å²) >= 11 is 3.53. The average molecular weight is 730 g/mol. The maximum Gasteiger partial charge on any atom is 0.207 e. The SMILES string of the molecule is C=C(CNCCC)NCC=O.CC=N/C=C\C.CCC.CCC(C)NC.CCCc1ccccc1CCCNC=O.CS.Cc1cccc(C)c1. The predicted octanol–water partition coefficient (Wildman–Crippen LogP) is 9.49. The van der Waals surface area contributed by atoms with Gasteiger partial charge in [0.25, 0.3) is 0 Å². The molecule has 2 rings (SSSR count). The number of aliphatic imine (C=N–C) groups is 1. The second-order valence-electron chi connectivity index (χ2n) is 11.4. The first-order chi connectivity index (χ1) is 24.6. The van der Waals surface area contributed by atoms with E-state index in [9.17, 15) is 9.59 Å². The van der Waals surface area contributed by atoms with Crippen LogP contribution in [0.25, 0.3) is 0 Å². The molecule has 0 aliphatic carbocycles. The van der Waals surface area contributed by atoms with Crippen molar-refractivity contribution in [1.29, 1.82) is 0 Å². The van der Waals surface area contributed by atoms with Gasteiger partial charge in [0, 0.05) is 37.2 Å². The van der Waals surface area contributed by atoms with Crippen LogP contribution in [0.2, 0.25) is 0 Å². The van der Waals surface area contributed by atoms with Gasteiger partial charge >= 0.3 is 0 Å². The molecule has 0 radical (unpaired) electrons. The van der Waals surface area contributed by atoms with Crippen LogP contribution in [0.5, 0.6) is 0 Å². The summed E-state index contributed by atoms with van der Waals surface area (Å²) in [4.78, 5) is 23.8. The molecule has 0 saturated heterocycles. The molecule has 0 heterocycles. The van der Waals surface area contributed by atoms with Gasteiger partial charge in [0.1, 0.15) is 6.29 Å². The molecule has 294 valence electrons. The first-order valence-corrected chi connectivity index (χ1v) is 19.6. The lowest BCUT2D eigenvalue weighted by Gasteiger charge is -2.07. The van der Waals surface area contributed by atoms with Gasteiger partial charge in [-0.15, -0.1) is 0 Å². The van der Waals surface area contributed by atoms with E-state index in [2.05, 4.69) is 149 Å². The van der Waals surface area contributed by atoms with Crippen LogP contribution in [0, 0.1) is 13.8 Å². The predicted molar refractivity (Wildman–Crippen MR) is 234 cm³/mol. The zero-order valence-corrected chi connectivity index (χ0v) is 35.7. The highest BCUT2D eigenvalue weighted by Gasteiger charge is 2.00. The molecular weight excluding hydrogens is 651 g/mol. The lowest BCUT2D eigenvalue weighted by atomic mass is 9.99. The largest absolute Gasteiger partial charge is 0.381 e. The van der Waals surface area contributed by atoms with Crippen molar-refractivity contribution in [2.75, 3.05) is 39.5 Å². The van der Waals surface area contributed by atoms with Crippen LogP contribution in [0.15, 0.2) is 78.1 Å². The van der Waals surface area contributed by atoms with Gasteiger partial charge in [-0.25, -0.2) is 0 Å². The van der Waals surface area contributed by atoms with Gasteiger partial charge in [-0.2, -0.15) is 12.6 Å². The van der Waals surface area contributed by atoms with Gasteiger partial charge in [0.05, 0.1) is 6.54 Å². The molecule has 0 aliphatic heterocycles. The number of allylic oxidation sites excluding steroid dienone is 1. The third-order valence-corrected chi connectivity index (χ3v) is 6.35. The number of carbonyl (C=O) groups is 2. The minimum Gasteiger partial charge on any atom is -0.381 e. The molecule has 0 aliphatic rings. The molecule has 7 nitrogen and oxygen atoms in total. The number of nitrogens with zero attached hydrogens (tertiary/aromatic N) is 1. The standard InChI is InChI=1S/C13H19NO.C8H16N2O.C8H10.C5H13N.C5H9N.C3H8.CH4S/c1-2-6-12-7-3-4-8-13(12)9-5-10-14-11-15;1-3-4-9-7-8(2)10-5-6-11;1-7-4-3-5-8(2)6-7;1-4-5(2)6-3;1-3-5-6-4-2;1-3-2;1-2/h3-4,7-8,11H,2,5-6,9-10H2,1H3,(H,14,15);6,9-10H,2-5,7H2,1H3;3-6H,1-2H3;5-6H,4H2,1-3H3;3-5H,1-2H3;3H2,1-2H3;2H,1H3/b;;;;5-3-,6-4?;;. The van der Waals surface area contributed by atoms with E-state index in [4.69, 9.17) is 0 Å².